The highest BCUT2D eigenvalue weighted by molar-refractivity contribution is 6.34. The molecule has 2 aromatic rings. The molecule has 18 heavy (non-hydrogen) atoms. The molecule has 1 aromatic heterocycles. The van der Waals surface area contributed by atoms with Crippen LogP contribution >= 0.6 is 11.6 Å². The largest absolute Gasteiger partial charge is 0.399 e. The molecule has 6 heteroatoms. The number of nitrogen functional groups attached to an aromatic ring is 1. The van der Waals surface area contributed by atoms with Crippen molar-refractivity contribution in [2.45, 2.75) is 0 Å². The van der Waals surface area contributed by atoms with E-state index in [-0.39, 0.29) is 5.69 Å². The lowest BCUT2D eigenvalue weighted by Crippen LogP contribution is -2.14. The van der Waals surface area contributed by atoms with Crippen molar-refractivity contribution in [3.63, 3.8) is 0 Å². The van der Waals surface area contributed by atoms with E-state index in [9.17, 15) is 9.18 Å². The molecule has 0 aliphatic carbocycles. The molecule has 0 radical (unpaired) electrons. The molecule has 3 N–H and O–H groups in total. The Hall–Kier alpha value is -2.14. The quantitative estimate of drug-likeness (QED) is 0.821. The van der Waals surface area contributed by atoms with Gasteiger partial charge in [0.1, 0.15) is 11.5 Å². The Kier molecular flexibility index (Phi) is 3.43. The van der Waals surface area contributed by atoms with E-state index in [1.54, 1.807) is 12.1 Å². The summed E-state index contributed by atoms with van der Waals surface area (Å²) in [6.45, 7) is 0. The monoisotopic (exact) mass is 265 g/mol. The molecule has 92 valence electrons. The van der Waals surface area contributed by atoms with Crippen LogP contribution in [0.4, 0.5) is 15.8 Å². The molecule has 1 amide bonds. The summed E-state index contributed by atoms with van der Waals surface area (Å²) in [6, 6.07) is 7.16. The average Bonchev–Trinajstić information content (AvgIpc) is 2.34. The van der Waals surface area contributed by atoms with Crippen molar-refractivity contribution < 1.29 is 9.18 Å². The molecule has 0 atom stereocenters. The van der Waals surface area contributed by atoms with E-state index in [0.717, 1.165) is 12.3 Å². The van der Waals surface area contributed by atoms with E-state index in [0.29, 0.717) is 16.4 Å². The van der Waals surface area contributed by atoms with Gasteiger partial charge >= 0.3 is 0 Å². The molecule has 0 aliphatic heterocycles. The highest BCUT2D eigenvalue weighted by Gasteiger charge is 2.10. The van der Waals surface area contributed by atoms with Gasteiger partial charge in [-0.2, -0.15) is 0 Å². The maximum atomic E-state index is 12.7. The van der Waals surface area contributed by atoms with Crippen molar-refractivity contribution in [3.05, 3.63) is 53.1 Å². The smallest absolute Gasteiger partial charge is 0.274 e. The molecule has 0 unspecified atom stereocenters. The van der Waals surface area contributed by atoms with Crippen LogP contribution in [0, 0.1) is 5.82 Å². The van der Waals surface area contributed by atoms with Crippen LogP contribution in [-0.2, 0) is 0 Å². The van der Waals surface area contributed by atoms with Crippen LogP contribution in [0.15, 0.2) is 36.5 Å². The highest BCUT2D eigenvalue weighted by atomic mass is 35.5. The number of nitrogens with one attached hydrogen (secondary N) is 1. The Bertz CT molecular complexity index is 586. The second kappa shape index (κ2) is 5.01. The second-order valence-electron chi connectivity index (χ2n) is 3.56. The molecule has 1 heterocycles. The molecule has 0 saturated carbocycles. The summed E-state index contributed by atoms with van der Waals surface area (Å²) >= 11 is 5.90. The van der Waals surface area contributed by atoms with Gasteiger partial charge in [-0.3, -0.25) is 4.79 Å². The van der Waals surface area contributed by atoms with Gasteiger partial charge in [-0.1, -0.05) is 11.6 Å². The van der Waals surface area contributed by atoms with Gasteiger partial charge in [0, 0.05) is 5.69 Å². The number of carbonyl (C=O) groups excluding carboxylic acids is 1. The number of pyridine rings is 1. The van der Waals surface area contributed by atoms with E-state index < -0.39 is 11.7 Å². The second-order valence-corrected chi connectivity index (χ2v) is 3.96. The van der Waals surface area contributed by atoms with E-state index >= 15 is 0 Å². The molecule has 2 rings (SSSR count). The van der Waals surface area contributed by atoms with E-state index in [2.05, 4.69) is 10.3 Å². The van der Waals surface area contributed by atoms with E-state index in [1.807, 2.05) is 0 Å². The predicted octanol–water partition coefficient (Wildman–Crippen LogP) is 2.71. The lowest BCUT2D eigenvalue weighted by molar-refractivity contribution is 0.102. The molecule has 0 fully saturated rings. The SMILES string of the molecule is Nc1ccc(Cl)c(NC(=O)c2ccc(F)cn2)c1. The van der Waals surface area contributed by atoms with Gasteiger partial charge in [0.05, 0.1) is 16.9 Å². The fourth-order valence-electron chi connectivity index (χ4n) is 1.34. The summed E-state index contributed by atoms with van der Waals surface area (Å²) in [5, 5.41) is 2.91. The van der Waals surface area contributed by atoms with Crippen LogP contribution in [-0.4, -0.2) is 10.9 Å². The number of carbonyl (C=O) groups is 1. The van der Waals surface area contributed by atoms with Gasteiger partial charge in [0.2, 0.25) is 0 Å². The summed E-state index contributed by atoms with van der Waals surface area (Å²) in [5.74, 6) is -0.990. The van der Waals surface area contributed by atoms with Crippen LogP contribution in [0.25, 0.3) is 0 Å². The van der Waals surface area contributed by atoms with Gasteiger partial charge in [-0.15, -0.1) is 0 Å². The molecule has 1 aromatic carbocycles. The summed E-state index contributed by atoms with van der Waals surface area (Å²) in [4.78, 5) is 15.5. The number of nitrogens with two attached hydrogens (primary N) is 1. The third-order valence-electron chi connectivity index (χ3n) is 2.20. The Morgan fingerprint density at radius 3 is 2.78 bits per heavy atom. The first-order chi connectivity index (χ1) is 8.56. The molecule has 0 saturated heterocycles. The minimum absolute atomic E-state index is 0.0925. The van der Waals surface area contributed by atoms with E-state index in [4.69, 9.17) is 17.3 Å². The number of hydrogen-bond acceptors (Lipinski definition) is 3. The predicted molar refractivity (Wildman–Crippen MR) is 68.0 cm³/mol. The molecule has 0 bridgehead atoms. The highest BCUT2D eigenvalue weighted by Crippen LogP contribution is 2.24. The fourth-order valence-corrected chi connectivity index (χ4v) is 1.50. The van der Waals surface area contributed by atoms with Crippen molar-refractivity contribution in [3.8, 4) is 0 Å². The standard InChI is InChI=1S/C12H9ClFN3O/c13-9-3-2-8(15)5-11(9)17-12(18)10-4-1-7(14)6-16-10/h1-6H,15H2,(H,17,18). The zero-order chi connectivity index (χ0) is 13.1. The number of nitrogens with zero attached hydrogens (tertiary/aromatic N) is 1. The lowest BCUT2D eigenvalue weighted by atomic mass is 10.2. The first-order valence-corrected chi connectivity index (χ1v) is 5.42. The molecule has 4 nitrogen and oxygen atoms in total. The zero-order valence-electron chi connectivity index (χ0n) is 9.15. The zero-order valence-corrected chi connectivity index (χ0v) is 9.91. The maximum Gasteiger partial charge on any atom is 0.274 e. The molecule has 0 spiro atoms. The Morgan fingerprint density at radius 2 is 2.11 bits per heavy atom. The summed E-state index contributed by atoms with van der Waals surface area (Å²) in [6.07, 6.45) is 0.968. The number of aromatic nitrogens is 1. The maximum absolute atomic E-state index is 12.7. The first-order valence-electron chi connectivity index (χ1n) is 5.04. The van der Waals surface area contributed by atoms with Crippen LogP contribution in [0.2, 0.25) is 5.02 Å². The topological polar surface area (TPSA) is 68.0 Å². The number of amides is 1. The van der Waals surface area contributed by atoms with Gasteiger partial charge in [0.15, 0.2) is 0 Å². The minimum atomic E-state index is -0.506. The Labute approximate surface area is 108 Å². The number of rotatable bonds is 2. The van der Waals surface area contributed by atoms with Crippen molar-refractivity contribution in [2.75, 3.05) is 11.1 Å². The van der Waals surface area contributed by atoms with Crippen LogP contribution in [0.3, 0.4) is 0 Å². The van der Waals surface area contributed by atoms with E-state index in [1.165, 1.54) is 12.1 Å². The van der Waals surface area contributed by atoms with Gasteiger partial charge in [-0.05, 0) is 30.3 Å². The van der Waals surface area contributed by atoms with Crippen molar-refractivity contribution in [1.82, 2.24) is 4.98 Å². The third-order valence-corrected chi connectivity index (χ3v) is 2.53. The fraction of sp³-hybridized carbons (Fsp3) is 0. The van der Waals surface area contributed by atoms with Crippen molar-refractivity contribution in [1.29, 1.82) is 0 Å². The number of halogens is 2. The molecular formula is C12H9ClFN3O. The summed E-state index contributed by atoms with van der Waals surface area (Å²) in [7, 11) is 0. The van der Waals surface area contributed by atoms with Crippen molar-refractivity contribution in [2.24, 2.45) is 0 Å². The molecular weight excluding hydrogens is 257 g/mol. The third kappa shape index (κ3) is 2.75. The van der Waals surface area contributed by atoms with Gasteiger partial charge in [0.25, 0.3) is 5.91 Å². The van der Waals surface area contributed by atoms with Crippen LogP contribution in [0.1, 0.15) is 10.5 Å². The first kappa shape index (κ1) is 12.3. The van der Waals surface area contributed by atoms with Crippen LogP contribution in [0.5, 0.6) is 0 Å². The lowest BCUT2D eigenvalue weighted by Gasteiger charge is -2.07. The van der Waals surface area contributed by atoms with Crippen molar-refractivity contribution >= 4 is 28.9 Å². The minimum Gasteiger partial charge on any atom is -0.399 e. The van der Waals surface area contributed by atoms with Crippen LogP contribution < -0.4 is 11.1 Å². The average molecular weight is 266 g/mol. The van der Waals surface area contributed by atoms with Gasteiger partial charge in [-0.25, -0.2) is 9.37 Å². The normalized spacial score (nSPS) is 10.1. The Morgan fingerprint density at radius 1 is 1.33 bits per heavy atom. The summed E-state index contributed by atoms with van der Waals surface area (Å²) in [5.41, 5.74) is 6.54. The number of anilines is 2. The number of benzene rings is 1. The molecule has 0 aliphatic rings. The summed E-state index contributed by atoms with van der Waals surface area (Å²) < 4.78 is 12.7. The van der Waals surface area contributed by atoms with Gasteiger partial charge < -0.3 is 11.1 Å². The number of hydrogen-bond donors (Lipinski definition) is 2. The Balaban J connectivity index is 2.21.